The highest BCUT2D eigenvalue weighted by Gasteiger charge is 2.29. The van der Waals surface area contributed by atoms with Crippen LogP contribution in [0.25, 0.3) is 0 Å². The number of carbonyl (C=O) groups excluding carboxylic acids is 1. The molecule has 0 spiro atoms. The highest BCUT2D eigenvalue weighted by molar-refractivity contribution is 9.10. The maximum atomic E-state index is 12.0. The van der Waals surface area contributed by atoms with Gasteiger partial charge in [-0.1, -0.05) is 0 Å². The van der Waals surface area contributed by atoms with Crippen LogP contribution >= 0.6 is 15.9 Å². The fourth-order valence-electron chi connectivity index (χ4n) is 2.07. The van der Waals surface area contributed by atoms with Crippen molar-refractivity contribution in [3.05, 3.63) is 10.8 Å². The zero-order valence-corrected chi connectivity index (χ0v) is 13.1. The summed E-state index contributed by atoms with van der Waals surface area (Å²) >= 11 is 3.28. The Kier molecular flexibility index (Phi) is 4.13. The van der Waals surface area contributed by atoms with Gasteiger partial charge in [0.2, 0.25) is 0 Å². The van der Waals surface area contributed by atoms with Crippen LogP contribution in [0.1, 0.15) is 39.7 Å². The second-order valence-electron chi connectivity index (χ2n) is 5.71. The van der Waals surface area contributed by atoms with Gasteiger partial charge in [0.15, 0.2) is 0 Å². The van der Waals surface area contributed by atoms with Gasteiger partial charge in [-0.3, -0.25) is 0 Å². The topological polar surface area (TPSA) is 60.2 Å². The van der Waals surface area contributed by atoms with E-state index in [0.29, 0.717) is 11.1 Å². The largest absolute Gasteiger partial charge is 0.444 e. The molecule has 1 aliphatic heterocycles. The monoisotopic (exact) mass is 330 g/mol. The van der Waals surface area contributed by atoms with Crippen molar-refractivity contribution in [2.75, 3.05) is 13.1 Å². The molecule has 0 aromatic carbocycles. The maximum Gasteiger partial charge on any atom is 0.410 e. The predicted molar refractivity (Wildman–Crippen MR) is 73.8 cm³/mol. The summed E-state index contributed by atoms with van der Waals surface area (Å²) < 4.78 is 6.10. The lowest BCUT2D eigenvalue weighted by atomic mass is 10.1. The standard InChI is InChI=1S/C12H19BrN4O2/c1-12(2,3)19-11(18)16-6-4-5-9(8-16)17-14-7-10(13)15-17/h7,9H,4-6,8H2,1-3H3. The van der Waals surface area contributed by atoms with Gasteiger partial charge in [0.1, 0.15) is 10.2 Å². The quantitative estimate of drug-likeness (QED) is 0.794. The number of hydrogen-bond donors (Lipinski definition) is 0. The second-order valence-corrected chi connectivity index (χ2v) is 6.52. The minimum atomic E-state index is -0.461. The molecule has 2 rings (SSSR count). The molecule has 106 valence electrons. The number of ether oxygens (including phenoxy) is 1. The van der Waals surface area contributed by atoms with Crippen molar-refractivity contribution in [3.63, 3.8) is 0 Å². The Hall–Kier alpha value is -1.11. The second kappa shape index (κ2) is 5.48. The molecule has 0 aliphatic carbocycles. The third kappa shape index (κ3) is 3.92. The van der Waals surface area contributed by atoms with Gasteiger partial charge in [-0.2, -0.15) is 9.90 Å². The van der Waals surface area contributed by atoms with E-state index in [-0.39, 0.29) is 12.1 Å². The SMILES string of the molecule is CC(C)(C)OC(=O)N1CCCC(n2ncc(Br)n2)C1. The average Bonchev–Trinajstić information content (AvgIpc) is 2.74. The molecular weight excluding hydrogens is 312 g/mol. The molecule has 1 amide bonds. The number of aromatic nitrogens is 3. The summed E-state index contributed by atoms with van der Waals surface area (Å²) in [6.07, 6.45) is 3.30. The normalized spacial score (nSPS) is 20.4. The van der Waals surface area contributed by atoms with Crippen LogP contribution in [0.3, 0.4) is 0 Å². The summed E-state index contributed by atoms with van der Waals surface area (Å²) in [5, 5.41) is 8.43. The molecule has 1 aliphatic rings. The summed E-state index contributed by atoms with van der Waals surface area (Å²) in [4.78, 5) is 15.4. The van der Waals surface area contributed by atoms with E-state index in [1.807, 2.05) is 20.8 Å². The Morgan fingerprint density at radius 1 is 1.53 bits per heavy atom. The van der Waals surface area contributed by atoms with Crippen molar-refractivity contribution in [2.24, 2.45) is 0 Å². The van der Waals surface area contributed by atoms with Crippen LogP contribution in [0.2, 0.25) is 0 Å². The lowest BCUT2D eigenvalue weighted by Crippen LogP contribution is -2.43. The Bertz CT molecular complexity index is 455. The van der Waals surface area contributed by atoms with Crippen molar-refractivity contribution in [1.29, 1.82) is 0 Å². The Labute approximate surface area is 121 Å². The molecule has 7 heteroatoms. The van der Waals surface area contributed by atoms with E-state index in [1.165, 1.54) is 0 Å². The molecule has 0 radical (unpaired) electrons. The molecule has 1 saturated heterocycles. The Morgan fingerprint density at radius 3 is 2.84 bits per heavy atom. The van der Waals surface area contributed by atoms with Crippen molar-refractivity contribution in [3.8, 4) is 0 Å². The molecule has 0 N–H and O–H groups in total. The first-order valence-electron chi connectivity index (χ1n) is 6.40. The fourth-order valence-corrected chi connectivity index (χ4v) is 2.32. The van der Waals surface area contributed by atoms with Crippen LogP contribution in [-0.4, -0.2) is 44.7 Å². The number of rotatable bonds is 1. The third-order valence-corrected chi connectivity index (χ3v) is 3.22. The molecular formula is C12H19BrN4O2. The number of hydrogen-bond acceptors (Lipinski definition) is 4. The molecule has 1 fully saturated rings. The van der Waals surface area contributed by atoms with Gasteiger partial charge < -0.3 is 9.64 Å². The number of likely N-dealkylation sites (tertiary alicyclic amines) is 1. The van der Waals surface area contributed by atoms with Gasteiger partial charge in [0.25, 0.3) is 0 Å². The minimum Gasteiger partial charge on any atom is -0.444 e. The number of piperidine rings is 1. The zero-order chi connectivity index (χ0) is 14.0. The van der Waals surface area contributed by atoms with Gasteiger partial charge in [-0.25, -0.2) is 4.79 Å². The first-order chi connectivity index (χ1) is 8.85. The van der Waals surface area contributed by atoms with Crippen molar-refractivity contribution < 1.29 is 9.53 Å². The molecule has 2 heterocycles. The van der Waals surface area contributed by atoms with Crippen molar-refractivity contribution >= 4 is 22.0 Å². The Morgan fingerprint density at radius 2 is 2.26 bits per heavy atom. The predicted octanol–water partition coefficient (Wildman–Crippen LogP) is 2.61. The van der Waals surface area contributed by atoms with E-state index in [0.717, 1.165) is 19.4 Å². The van der Waals surface area contributed by atoms with Crippen LogP contribution in [0.4, 0.5) is 4.79 Å². The van der Waals surface area contributed by atoms with Crippen LogP contribution in [0.5, 0.6) is 0 Å². The van der Waals surface area contributed by atoms with Crippen LogP contribution in [-0.2, 0) is 4.74 Å². The summed E-state index contributed by atoms with van der Waals surface area (Å²) in [5.74, 6) is 0. The average molecular weight is 331 g/mol. The summed E-state index contributed by atoms with van der Waals surface area (Å²) in [6.45, 7) is 6.94. The van der Waals surface area contributed by atoms with Gasteiger partial charge in [-0.05, 0) is 49.5 Å². The minimum absolute atomic E-state index is 0.118. The van der Waals surface area contributed by atoms with Gasteiger partial charge >= 0.3 is 6.09 Å². The lowest BCUT2D eigenvalue weighted by Gasteiger charge is -2.33. The van der Waals surface area contributed by atoms with E-state index in [9.17, 15) is 4.79 Å². The van der Waals surface area contributed by atoms with Crippen LogP contribution in [0.15, 0.2) is 10.8 Å². The highest BCUT2D eigenvalue weighted by Crippen LogP contribution is 2.22. The smallest absolute Gasteiger partial charge is 0.410 e. The van der Waals surface area contributed by atoms with Gasteiger partial charge in [-0.15, -0.1) is 5.10 Å². The molecule has 6 nitrogen and oxygen atoms in total. The Balaban J connectivity index is 1.99. The number of carbonyl (C=O) groups is 1. The molecule has 0 bridgehead atoms. The zero-order valence-electron chi connectivity index (χ0n) is 11.5. The summed E-state index contributed by atoms with van der Waals surface area (Å²) in [5.41, 5.74) is -0.461. The van der Waals surface area contributed by atoms with E-state index in [2.05, 4.69) is 26.1 Å². The molecule has 19 heavy (non-hydrogen) atoms. The number of halogens is 1. The highest BCUT2D eigenvalue weighted by atomic mass is 79.9. The van der Waals surface area contributed by atoms with Crippen LogP contribution in [0, 0.1) is 0 Å². The van der Waals surface area contributed by atoms with Crippen molar-refractivity contribution in [1.82, 2.24) is 19.9 Å². The van der Waals surface area contributed by atoms with Gasteiger partial charge in [0, 0.05) is 13.1 Å². The van der Waals surface area contributed by atoms with Crippen molar-refractivity contribution in [2.45, 2.75) is 45.3 Å². The number of amides is 1. The first kappa shape index (κ1) is 14.3. The van der Waals surface area contributed by atoms with Crippen LogP contribution < -0.4 is 0 Å². The maximum absolute atomic E-state index is 12.0. The van der Waals surface area contributed by atoms with E-state index in [4.69, 9.17) is 4.74 Å². The molecule has 0 saturated carbocycles. The number of nitrogens with zero attached hydrogens (tertiary/aromatic N) is 4. The fraction of sp³-hybridized carbons (Fsp3) is 0.750. The molecule has 1 atom stereocenters. The third-order valence-electron chi connectivity index (χ3n) is 2.86. The van der Waals surface area contributed by atoms with E-state index < -0.39 is 5.60 Å². The molecule has 1 aromatic rings. The van der Waals surface area contributed by atoms with E-state index in [1.54, 1.807) is 15.9 Å². The summed E-state index contributed by atoms with van der Waals surface area (Å²) in [7, 11) is 0. The van der Waals surface area contributed by atoms with E-state index >= 15 is 0 Å². The lowest BCUT2D eigenvalue weighted by molar-refractivity contribution is 0.0160. The first-order valence-corrected chi connectivity index (χ1v) is 7.20. The molecule has 1 aromatic heterocycles. The summed E-state index contributed by atoms with van der Waals surface area (Å²) in [6, 6.07) is 0.118. The van der Waals surface area contributed by atoms with Gasteiger partial charge in [0.05, 0.1) is 12.2 Å². The molecule has 1 unspecified atom stereocenters.